The van der Waals surface area contributed by atoms with Crippen molar-refractivity contribution in [2.45, 2.75) is 33.3 Å². The number of rotatable bonds is 7. The van der Waals surface area contributed by atoms with E-state index in [9.17, 15) is 9.90 Å². The molecule has 0 spiro atoms. The van der Waals surface area contributed by atoms with Gasteiger partial charge in [0.05, 0.1) is 14.2 Å². The molecule has 0 saturated carbocycles. The van der Waals surface area contributed by atoms with Gasteiger partial charge in [0.25, 0.3) is 0 Å². The van der Waals surface area contributed by atoms with E-state index in [-0.39, 0.29) is 6.42 Å². The molecule has 0 saturated heterocycles. The Morgan fingerprint density at radius 3 is 2.36 bits per heavy atom. The average molecular weight is 344 g/mol. The minimum atomic E-state index is -1.03. The Kier molecular flexibility index (Phi) is 5.91. The lowest BCUT2D eigenvalue weighted by atomic mass is 10.0. The average Bonchev–Trinajstić information content (AvgIpc) is 2.58. The summed E-state index contributed by atoms with van der Waals surface area (Å²) in [5, 5.41) is 9.62. The first-order valence-electron chi connectivity index (χ1n) is 8.04. The van der Waals surface area contributed by atoms with Gasteiger partial charge >= 0.3 is 5.97 Å². The lowest BCUT2D eigenvalue weighted by Crippen LogP contribution is -2.30. The minimum absolute atomic E-state index is 0.169. The molecule has 0 aliphatic heterocycles. The highest BCUT2D eigenvalue weighted by Gasteiger charge is 2.23. The molecule has 0 aliphatic carbocycles. The number of hydrogen-bond donors (Lipinski definition) is 1. The van der Waals surface area contributed by atoms with Crippen molar-refractivity contribution in [1.29, 1.82) is 0 Å². The molecule has 134 valence electrons. The molecular weight excluding hydrogens is 320 g/mol. The van der Waals surface area contributed by atoms with Crippen LogP contribution in [0.25, 0.3) is 0 Å². The van der Waals surface area contributed by atoms with Crippen LogP contribution in [0.2, 0.25) is 0 Å². The summed E-state index contributed by atoms with van der Waals surface area (Å²) in [6.07, 6.45) is -0.858. The summed E-state index contributed by atoms with van der Waals surface area (Å²) in [5.41, 5.74) is 3.75. The van der Waals surface area contributed by atoms with Crippen LogP contribution in [-0.2, 0) is 11.2 Å². The number of ether oxygens (including phenoxy) is 3. The van der Waals surface area contributed by atoms with Crippen molar-refractivity contribution in [1.82, 2.24) is 0 Å². The summed E-state index contributed by atoms with van der Waals surface area (Å²) in [4.78, 5) is 11.7. The summed E-state index contributed by atoms with van der Waals surface area (Å²) in [7, 11) is 3.12. The second-order valence-electron chi connectivity index (χ2n) is 6.03. The Hall–Kier alpha value is -2.69. The van der Waals surface area contributed by atoms with Crippen molar-refractivity contribution in [3.05, 3.63) is 52.6 Å². The third kappa shape index (κ3) is 4.44. The molecular formula is C20H24O5. The Morgan fingerprint density at radius 2 is 1.76 bits per heavy atom. The van der Waals surface area contributed by atoms with Gasteiger partial charge in [0.2, 0.25) is 0 Å². The summed E-state index contributed by atoms with van der Waals surface area (Å²) in [5.74, 6) is 0.811. The van der Waals surface area contributed by atoms with E-state index in [2.05, 4.69) is 0 Å². The van der Waals surface area contributed by atoms with Crippen molar-refractivity contribution < 1.29 is 24.1 Å². The molecule has 0 amide bonds. The molecule has 0 bridgehead atoms. The Balaban J connectivity index is 2.33. The molecule has 0 radical (unpaired) electrons. The number of aryl methyl sites for hydroxylation is 2. The molecule has 0 heterocycles. The Bertz CT molecular complexity index is 767. The summed E-state index contributed by atoms with van der Waals surface area (Å²) in [6.45, 7) is 5.87. The number of benzene rings is 2. The third-order valence-corrected chi connectivity index (χ3v) is 4.20. The molecule has 1 atom stereocenters. The second-order valence-corrected chi connectivity index (χ2v) is 6.03. The zero-order valence-electron chi connectivity index (χ0n) is 15.3. The molecule has 0 aromatic heterocycles. The van der Waals surface area contributed by atoms with Crippen LogP contribution in [0.15, 0.2) is 30.3 Å². The van der Waals surface area contributed by atoms with Crippen LogP contribution in [0.4, 0.5) is 0 Å². The van der Waals surface area contributed by atoms with Gasteiger partial charge in [-0.3, -0.25) is 0 Å². The van der Waals surface area contributed by atoms with E-state index in [0.29, 0.717) is 17.2 Å². The lowest BCUT2D eigenvalue weighted by molar-refractivity contribution is -0.145. The summed E-state index contributed by atoms with van der Waals surface area (Å²) in [6, 6.07) is 9.21. The fourth-order valence-corrected chi connectivity index (χ4v) is 2.70. The van der Waals surface area contributed by atoms with Crippen LogP contribution in [-0.4, -0.2) is 31.4 Å². The van der Waals surface area contributed by atoms with Gasteiger partial charge in [-0.15, -0.1) is 0 Å². The van der Waals surface area contributed by atoms with Crippen LogP contribution in [0.5, 0.6) is 17.2 Å². The van der Waals surface area contributed by atoms with Gasteiger partial charge in [-0.05, 0) is 61.7 Å². The van der Waals surface area contributed by atoms with Crippen LogP contribution >= 0.6 is 0 Å². The molecule has 0 fully saturated rings. The van der Waals surface area contributed by atoms with Crippen molar-refractivity contribution in [2.75, 3.05) is 14.2 Å². The Morgan fingerprint density at radius 1 is 1.04 bits per heavy atom. The smallest absolute Gasteiger partial charge is 0.345 e. The maximum Gasteiger partial charge on any atom is 0.345 e. The number of methoxy groups -OCH3 is 2. The van der Waals surface area contributed by atoms with E-state index in [1.807, 2.05) is 32.9 Å². The van der Waals surface area contributed by atoms with E-state index >= 15 is 0 Å². The van der Waals surface area contributed by atoms with Gasteiger partial charge < -0.3 is 19.3 Å². The maximum atomic E-state index is 11.7. The van der Waals surface area contributed by atoms with E-state index in [4.69, 9.17) is 14.2 Å². The molecule has 2 aromatic rings. The third-order valence-electron chi connectivity index (χ3n) is 4.20. The topological polar surface area (TPSA) is 65.0 Å². The second kappa shape index (κ2) is 7.92. The van der Waals surface area contributed by atoms with Crippen molar-refractivity contribution in [3.63, 3.8) is 0 Å². The first-order chi connectivity index (χ1) is 11.8. The molecule has 5 nitrogen and oxygen atoms in total. The van der Waals surface area contributed by atoms with E-state index in [1.165, 1.54) is 0 Å². The molecule has 2 aromatic carbocycles. The largest absolute Gasteiger partial charge is 0.497 e. The quantitative estimate of drug-likeness (QED) is 0.829. The van der Waals surface area contributed by atoms with Gasteiger partial charge in [0.15, 0.2) is 6.10 Å². The maximum absolute atomic E-state index is 11.7. The standard InChI is InChI=1S/C20H24O5/c1-12-8-13(2)14(3)18(9-12)25-19(20(21)22)11-15-10-16(23-4)6-7-17(15)24-5/h6-10,19H,11H2,1-5H3,(H,21,22)/t19-/m0/s1. The Labute approximate surface area is 148 Å². The van der Waals surface area contributed by atoms with E-state index in [0.717, 1.165) is 22.3 Å². The summed E-state index contributed by atoms with van der Waals surface area (Å²) < 4.78 is 16.4. The monoisotopic (exact) mass is 344 g/mol. The fourth-order valence-electron chi connectivity index (χ4n) is 2.70. The molecule has 2 rings (SSSR count). The first kappa shape index (κ1) is 18.6. The fraction of sp³-hybridized carbons (Fsp3) is 0.350. The normalized spacial score (nSPS) is 11.7. The van der Waals surface area contributed by atoms with Gasteiger partial charge in [-0.2, -0.15) is 0 Å². The predicted molar refractivity (Wildman–Crippen MR) is 96.0 cm³/mol. The van der Waals surface area contributed by atoms with Gasteiger partial charge in [-0.1, -0.05) is 6.07 Å². The molecule has 1 N–H and O–H groups in total. The highest BCUT2D eigenvalue weighted by atomic mass is 16.5. The van der Waals surface area contributed by atoms with Crippen molar-refractivity contribution in [2.24, 2.45) is 0 Å². The number of carboxylic acids is 1. The number of hydrogen-bond acceptors (Lipinski definition) is 4. The molecule has 5 heteroatoms. The number of carbonyl (C=O) groups is 1. The molecule has 0 unspecified atom stereocenters. The highest BCUT2D eigenvalue weighted by Crippen LogP contribution is 2.28. The van der Waals surface area contributed by atoms with Gasteiger partial charge in [0.1, 0.15) is 17.2 Å². The minimum Gasteiger partial charge on any atom is -0.497 e. The van der Waals surface area contributed by atoms with Crippen molar-refractivity contribution >= 4 is 5.97 Å². The van der Waals surface area contributed by atoms with Gasteiger partial charge in [-0.25, -0.2) is 4.79 Å². The van der Waals surface area contributed by atoms with E-state index < -0.39 is 12.1 Å². The lowest BCUT2D eigenvalue weighted by Gasteiger charge is -2.19. The molecule has 0 aliphatic rings. The van der Waals surface area contributed by atoms with E-state index in [1.54, 1.807) is 32.4 Å². The predicted octanol–water partition coefficient (Wildman–Crippen LogP) is 3.70. The zero-order chi connectivity index (χ0) is 18.6. The van der Waals surface area contributed by atoms with Crippen LogP contribution in [0.3, 0.4) is 0 Å². The van der Waals surface area contributed by atoms with Crippen LogP contribution in [0, 0.1) is 20.8 Å². The number of aliphatic carboxylic acids is 1. The SMILES string of the molecule is COc1ccc(OC)c(C[C@H](Oc2cc(C)cc(C)c2C)C(=O)O)c1. The zero-order valence-corrected chi connectivity index (χ0v) is 15.3. The van der Waals surface area contributed by atoms with Crippen LogP contribution < -0.4 is 14.2 Å². The van der Waals surface area contributed by atoms with Crippen LogP contribution in [0.1, 0.15) is 22.3 Å². The first-order valence-corrected chi connectivity index (χ1v) is 8.04. The van der Waals surface area contributed by atoms with Crippen molar-refractivity contribution in [3.8, 4) is 17.2 Å². The number of carboxylic acid groups (broad SMARTS) is 1. The molecule has 25 heavy (non-hydrogen) atoms. The van der Waals surface area contributed by atoms with Gasteiger partial charge in [0, 0.05) is 12.0 Å². The highest BCUT2D eigenvalue weighted by molar-refractivity contribution is 5.73. The summed E-state index contributed by atoms with van der Waals surface area (Å²) >= 11 is 0.